The minimum Gasteiger partial charge on any atom is -0.380 e. The molecule has 106 valence electrons. The predicted molar refractivity (Wildman–Crippen MR) is 65.8 cm³/mol. The average molecular weight is 275 g/mol. The van der Waals surface area contributed by atoms with Gasteiger partial charge in [-0.25, -0.2) is 0 Å². The molecule has 0 fully saturated rings. The summed E-state index contributed by atoms with van der Waals surface area (Å²) in [5.41, 5.74) is -0.966. The van der Waals surface area contributed by atoms with E-state index in [0.29, 0.717) is 12.6 Å². The molecule has 0 saturated heterocycles. The maximum Gasteiger partial charge on any atom is 0.417 e. The first-order valence-corrected chi connectivity index (χ1v) is 5.69. The van der Waals surface area contributed by atoms with Gasteiger partial charge in [-0.1, -0.05) is 12.1 Å². The minimum absolute atomic E-state index is 0.447. The Balaban J connectivity index is 2.79. The van der Waals surface area contributed by atoms with Crippen LogP contribution in [-0.4, -0.2) is 22.8 Å². The largest absolute Gasteiger partial charge is 0.417 e. The van der Waals surface area contributed by atoms with Gasteiger partial charge in [0.1, 0.15) is 0 Å². The fourth-order valence-electron chi connectivity index (χ4n) is 1.48. The number of aryl methyl sites for hydroxylation is 2. The van der Waals surface area contributed by atoms with Crippen molar-refractivity contribution in [2.45, 2.75) is 39.0 Å². The lowest BCUT2D eigenvalue weighted by Gasteiger charge is -2.25. The van der Waals surface area contributed by atoms with Gasteiger partial charge in [-0.15, -0.1) is 0 Å². The molecule has 3 nitrogen and oxygen atoms in total. The van der Waals surface area contributed by atoms with E-state index in [-0.39, 0.29) is 0 Å². The summed E-state index contributed by atoms with van der Waals surface area (Å²) < 4.78 is 37.3. The summed E-state index contributed by atoms with van der Waals surface area (Å²) in [6.07, 6.45) is -5.88. The zero-order chi connectivity index (χ0) is 14.8. The third-order valence-corrected chi connectivity index (χ3v) is 2.78. The molecule has 0 aliphatic carbocycles. The van der Waals surface area contributed by atoms with Crippen molar-refractivity contribution in [2.75, 3.05) is 5.32 Å². The molecule has 1 rings (SSSR count). The van der Waals surface area contributed by atoms with Crippen LogP contribution >= 0.6 is 0 Å². The average Bonchev–Trinajstić information content (AvgIpc) is 2.21. The molecule has 0 aliphatic rings. The SMILES string of the molecule is Cc1ccc(C)c(NC(=O)C[C@@](C)(O)C(F)(F)F)c1. The Kier molecular flexibility index (Phi) is 4.25. The molecule has 0 bridgehead atoms. The van der Waals surface area contributed by atoms with Crippen LogP contribution in [0.3, 0.4) is 0 Å². The third kappa shape index (κ3) is 3.96. The molecule has 19 heavy (non-hydrogen) atoms. The third-order valence-electron chi connectivity index (χ3n) is 2.78. The van der Waals surface area contributed by atoms with Crippen LogP contribution in [0.2, 0.25) is 0 Å². The monoisotopic (exact) mass is 275 g/mol. The molecule has 0 unspecified atom stereocenters. The molecule has 1 aromatic rings. The summed E-state index contributed by atoms with van der Waals surface area (Å²) in [5, 5.41) is 11.6. The van der Waals surface area contributed by atoms with Crippen molar-refractivity contribution in [1.29, 1.82) is 0 Å². The summed E-state index contributed by atoms with van der Waals surface area (Å²) in [6, 6.07) is 5.25. The standard InChI is InChI=1S/C13H16F3NO2/c1-8-4-5-9(2)10(6-8)17-11(18)7-12(3,19)13(14,15)16/h4-6,19H,7H2,1-3H3,(H,17,18)/t12-/m1/s1. The fourth-order valence-corrected chi connectivity index (χ4v) is 1.48. The van der Waals surface area contributed by atoms with Gasteiger partial charge >= 0.3 is 6.18 Å². The highest BCUT2D eigenvalue weighted by Crippen LogP contribution is 2.32. The van der Waals surface area contributed by atoms with E-state index in [0.717, 1.165) is 11.1 Å². The number of benzene rings is 1. The second-order valence-electron chi connectivity index (χ2n) is 4.81. The first kappa shape index (κ1) is 15.5. The van der Waals surface area contributed by atoms with E-state index in [2.05, 4.69) is 5.32 Å². The van der Waals surface area contributed by atoms with Crippen LogP contribution < -0.4 is 5.32 Å². The Bertz CT molecular complexity index is 481. The molecule has 0 saturated carbocycles. The Morgan fingerprint density at radius 3 is 2.42 bits per heavy atom. The van der Waals surface area contributed by atoms with E-state index in [1.165, 1.54) is 0 Å². The topological polar surface area (TPSA) is 49.3 Å². The Hall–Kier alpha value is -1.56. The number of rotatable bonds is 3. The highest BCUT2D eigenvalue weighted by Gasteiger charge is 2.50. The Morgan fingerprint density at radius 2 is 1.89 bits per heavy atom. The highest BCUT2D eigenvalue weighted by molar-refractivity contribution is 5.92. The molecular weight excluding hydrogens is 259 g/mol. The first-order valence-electron chi connectivity index (χ1n) is 5.69. The van der Waals surface area contributed by atoms with Gasteiger partial charge < -0.3 is 10.4 Å². The molecule has 0 radical (unpaired) electrons. The number of aliphatic hydroxyl groups is 1. The van der Waals surface area contributed by atoms with Crippen molar-refractivity contribution in [1.82, 2.24) is 0 Å². The lowest BCUT2D eigenvalue weighted by Crippen LogP contribution is -2.44. The normalized spacial score (nSPS) is 14.9. The van der Waals surface area contributed by atoms with Crippen LogP contribution in [-0.2, 0) is 4.79 Å². The van der Waals surface area contributed by atoms with Crippen LogP contribution in [0.1, 0.15) is 24.5 Å². The van der Waals surface area contributed by atoms with Gasteiger partial charge in [0.25, 0.3) is 0 Å². The second kappa shape index (κ2) is 5.21. The van der Waals surface area contributed by atoms with Crippen molar-refractivity contribution >= 4 is 11.6 Å². The number of halogens is 3. The van der Waals surface area contributed by atoms with Gasteiger partial charge in [0, 0.05) is 5.69 Å². The zero-order valence-corrected chi connectivity index (χ0v) is 10.9. The van der Waals surface area contributed by atoms with Gasteiger partial charge in [-0.05, 0) is 38.0 Å². The highest BCUT2D eigenvalue weighted by atomic mass is 19.4. The number of carbonyl (C=O) groups excluding carboxylic acids is 1. The first-order chi connectivity index (χ1) is 8.53. The maximum atomic E-state index is 12.4. The summed E-state index contributed by atoms with van der Waals surface area (Å²) in [4.78, 5) is 11.6. The van der Waals surface area contributed by atoms with Gasteiger partial charge in [-0.2, -0.15) is 13.2 Å². The van der Waals surface area contributed by atoms with Crippen molar-refractivity contribution in [3.8, 4) is 0 Å². The molecule has 2 N–H and O–H groups in total. The molecular formula is C13H16F3NO2. The summed E-state index contributed by atoms with van der Waals surface area (Å²) >= 11 is 0. The number of hydrogen-bond donors (Lipinski definition) is 2. The molecule has 1 atom stereocenters. The molecule has 1 aromatic carbocycles. The van der Waals surface area contributed by atoms with Crippen molar-refractivity contribution in [3.05, 3.63) is 29.3 Å². The van der Waals surface area contributed by atoms with Gasteiger partial charge in [0.2, 0.25) is 5.91 Å². The summed E-state index contributed by atoms with van der Waals surface area (Å²) in [7, 11) is 0. The lowest BCUT2D eigenvalue weighted by molar-refractivity contribution is -0.252. The number of amides is 1. The summed E-state index contributed by atoms with van der Waals surface area (Å²) in [6.45, 7) is 4.12. The second-order valence-corrected chi connectivity index (χ2v) is 4.81. The molecule has 0 heterocycles. The van der Waals surface area contributed by atoms with E-state index in [9.17, 15) is 23.1 Å². The van der Waals surface area contributed by atoms with Crippen LogP contribution in [0.4, 0.5) is 18.9 Å². The lowest BCUT2D eigenvalue weighted by atomic mass is 10.0. The van der Waals surface area contributed by atoms with Gasteiger partial charge in [-0.3, -0.25) is 4.79 Å². The van der Waals surface area contributed by atoms with E-state index >= 15 is 0 Å². The number of anilines is 1. The molecule has 0 spiro atoms. The van der Waals surface area contributed by atoms with Gasteiger partial charge in [0.05, 0.1) is 6.42 Å². The predicted octanol–water partition coefficient (Wildman–Crippen LogP) is 2.95. The number of nitrogens with one attached hydrogen (secondary N) is 1. The van der Waals surface area contributed by atoms with Crippen molar-refractivity contribution < 1.29 is 23.1 Å². The number of hydrogen-bond acceptors (Lipinski definition) is 2. The minimum atomic E-state index is -4.84. The van der Waals surface area contributed by atoms with E-state index in [4.69, 9.17) is 0 Å². The van der Waals surface area contributed by atoms with E-state index in [1.807, 2.05) is 6.07 Å². The molecule has 0 aliphatic heterocycles. The molecule has 1 amide bonds. The van der Waals surface area contributed by atoms with Crippen molar-refractivity contribution in [2.24, 2.45) is 0 Å². The Labute approximate surface area is 109 Å². The molecule has 0 aromatic heterocycles. The quantitative estimate of drug-likeness (QED) is 0.891. The van der Waals surface area contributed by atoms with E-state index < -0.39 is 24.1 Å². The van der Waals surface area contributed by atoms with Gasteiger partial charge in [0.15, 0.2) is 5.60 Å². The van der Waals surface area contributed by atoms with Crippen molar-refractivity contribution in [3.63, 3.8) is 0 Å². The number of alkyl halides is 3. The van der Waals surface area contributed by atoms with Crippen LogP contribution in [0.25, 0.3) is 0 Å². The van der Waals surface area contributed by atoms with Crippen LogP contribution in [0.5, 0.6) is 0 Å². The zero-order valence-electron chi connectivity index (χ0n) is 10.9. The molecule has 6 heteroatoms. The summed E-state index contributed by atoms with van der Waals surface area (Å²) in [5.74, 6) is -0.879. The Morgan fingerprint density at radius 1 is 1.32 bits per heavy atom. The van der Waals surface area contributed by atoms with Crippen LogP contribution in [0.15, 0.2) is 18.2 Å². The number of carbonyl (C=O) groups is 1. The smallest absolute Gasteiger partial charge is 0.380 e. The fraction of sp³-hybridized carbons (Fsp3) is 0.462. The van der Waals surface area contributed by atoms with Crippen LogP contribution in [0, 0.1) is 13.8 Å². The maximum absolute atomic E-state index is 12.4. The van der Waals surface area contributed by atoms with E-state index in [1.54, 1.807) is 26.0 Å².